The minimum atomic E-state index is -0.0962. The maximum absolute atomic E-state index is 11.1. The third kappa shape index (κ3) is 4.94. The molecular weight excluding hydrogens is 206 g/mol. The molecular formula is C12H23NO3. The van der Waals surface area contributed by atoms with Gasteiger partial charge in [-0.05, 0) is 39.2 Å². The molecule has 1 aliphatic rings. The third-order valence-electron chi connectivity index (χ3n) is 3.00. The van der Waals surface area contributed by atoms with Gasteiger partial charge in [-0.25, -0.2) is 0 Å². The zero-order valence-corrected chi connectivity index (χ0v) is 10.3. The first kappa shape index (κ1) is 13.5. The van der Waals surface area contributed by atoms with E-state index in [0.717, 1.165) is 32.6 Å². The van der Waals surface area contributed by atoms with Crippen LogP contribution in [0.4, 0.5) is 0 Å². The second-order valence-electron chi connectivity index (χ2n) is 4.28. The van der Waals surface area contributed by atoms with Crippen LogP contribution in [0, 0.1) is 5.92 Å². The van der Waals surface area contributed by atoms with Crippen LogP contribution in [0.15, 0.2) is 0 Å². The smallest absolute Gasteiger partial charge is 0.305 e. The lowest BCUT2D eigenvalue weighted by Gasteiger charge is -2.18. The Hall–Kier alpha value is -0.610. The Labute approximate surface area is 97.7 Å². The van der Waals surface area contributed by atoms with Gasteiger partial charge in [-0.1, -0.05) is 0 Å². The summed E-state index contributed by atoms with van der Waals surface area (Å²) in [6.07, 6.45) is 2.50. The van der Waals surface area contributed by atoms with E-state index in [1.807, 2.05) is 6.92 Å². The molecule has 0 bridgehead atoms. The van der Waals surface area contributed by atoms with E-state index in [9.17, 15) is 4.79 Å². The first-order valence-corrected chi connectivity index (χ1v) is 6.20. The molecule has 0 aromatic rings. The normalized spacial score (nSPS) is 22.0. The SMILES string of the molecule is CCOC(=O)CCCNC(C)C1CCOC1. The van der Waals surface area contributed by atoms with Gasteiger partial charge in [-0.15, -0.1) is 0 Å². The number of hydrogen-bond acceptors (Lipinski definition) is 4. The first-order valence-electron chi connectivity index (χ1n) is 6.20. The van der Waals surface area contributed by atoms with Crippen LogP contribution >= 0.6 is 0 Å². The van der Waals surface area contributed by atoms with Crippen LogP contribution in [0.5, 0.6) is 0 Å². The fourth-order valence-electron chi connectivity index (χ4n) is 1.91. The average molecular weight is 229 g/mol. The van der Waals surface area contributed by atoms with Gasteiger partial charge in [0.1, 0.15) is 0 Å². The lowest BCUT2D eigenvalue weighted by atomic mass is 10.0. The highest BCUT2D eigenvalue weighted by molar-refractivity contribution is 5.69. The summed E-state index contributed by atoms with van der Waals surface area (Å²) in [5.74, 6) is 0.531. The molecule has 0 spiro atoms. The number of carbonyl (C=O) groups excluding carboxylic acids is 1. The molecule has 1 rings (SSSR count). The largest absolute Gasteiger partial charge is 0.466 e. The third-order valence-corrected chi connectivity index (χ3v) is 3.00. The Kier molecular flexibility index (Phi) is 6.42. The minimum absolute atomic E-state index is 0.0962. The number of nitrogens with one attached hydrogen (secondary N) is 1. The zero-order valence-electron chi connectivity index (χ0n) is 10.3. The van der Waals surface area contributed by atoms with Gasteiger partial charge in [0.2, 0.25) is 0 Å². The summed E-state index contributed by atoms with van der Waals surface area (Å²) < 4.78 is 10.2. The van der Waals surface area contributed by atoms with E-state index < -0.39 is 0 Å². The fraction of sp³-hybridized carbons (Fsp3) is 0.917. The van der Waals surface area contributed by atoms with Crippen molar-refractivity contribution in [2.24, 2.45) is 5.92 Å². The van der Waals surface area contributed by atoms with Gasteiger partial charge in [0.05, 0.1) is 13.2 Å². The number of hydrogen-bond donors (Lipinski definition) is 1. The molecule has 0 aliphatic carbocycles. The zero-order chi connectivity index (χ0) is 11.8. The van der Waals surface area contributed by atoms with Crippen LogP contribution < -0.4 is 5.32 Å². The van der Waals surface area contributed by atoms with Crippen LogP contribution in [0.25, 0.3) is 0 Å². The van der Waals surface area contributed by atoms with Gasteiger partial charge >= 0.3 is 5.97 Å². The predicted molar refractivity (Wildman–Crippen MR) is 62.3 cm³/mol. The van der Waals surface area contributed by atoms with Gasteiger partial charge in [-0.3, -0.25) is 4.79 Å². The molecule has 4 nitrogen and oxygen atoms in total. The van der Waals surface area contributed by atoms with Gasteiger partial charge in [0.15, 0.2) is 0 Å². The van der Waals surface area contributed by atoms with Gasteiger partial charge in [-0.2, -0.15) is 0 Å². The molecule has 16 heavy (non-hydrogen) atoms. The summed E-state index contributed by atoms with van der Waals surface area (Å²) in [6.45, 7) is 7.12. The minimum Gasteiger partial charge on any atom is -0.466 e. The van der Waals surface area contributed by atoms with E-state index >= 15 is 0 Å². The molecule has 0 saturated carbocycles. The second kappa shape index (κ2) is 7.63. The number of esters is 1. The van der Waals surface area contributed by atoms with E-state index in [1.165, 1.54) is 0 Å². The van der Waals surface area contributed by atoms with Crippen molar-refractivity contribution < 1.29 is 14.3 Å². The summed E-state index contributed by atoms with van der Waals surface area (Å²) in [5, 5.41) is 3.43. The average Bonchev–Trinajstić information content (AvgIpc) is 2.78. The van der Waals surface area contributed by atoms with E-state index in [0.29, 0.717) is 25.0 Å². The highest BCUT2D eigenvalue weighted by Gasteiger charge is 2.21. The Balaban J connectivity index is 1.99. The molecule has 0 aromatic carbocycles. The van der Waals surface area contributed by atoms with Crippen molar-refractivity contribution in [3.8, 4) is 0 Å². The van der Waals surface area contributed by atoms with Crippen molar-refractivity contribution in [2.75, 3.05) is 26.4 Å². The molecule has 1 aliphatic heterocycles. The summed E-state index contributed by atoms with van der Waals surface area (Å²) in [7, 11) is 0. The molecule has 94 valence electrons. The van der Waals surface area contributed by atoms with Crippen LogP contribution in [0.1, 0.15) is 33.1 Å². The first-order chi connectivity index (χ1) is 7.74. The van der Waals surface area contributed by atoms with Crippen LogP contribution in [-0.2, 0) is 14.3 Å². The van der Waals surface area contributed by atoms with Crippen LogP contribution in [0.3, 0.4) is 0 Å². The Morgan fingerprint density at radius 3 is 3.06 bits per heavy atom. The van der Waals surface area contributed by atoms with Crippen molar-refractivity contribution in [2.45, 2.75) is 39.2 Å². The lowest BCUT2D eigenvalue weighted by Crippen LogP contribution is -2.34. The van der Waals surface area contributed by atoms with Crippen molar-refractivity contribution in [3.63, 3.8) is 0 Å². The van der Waals surface area contributed by atoms with Gasteiger partial charge < -0.3 is 14.8 Å². The van der Waals surface area contributed by atoms with E-state index in [4.69, 9.17) is 9.47 Å². The van der Waals surface area contributed by atoms with Crippen LogP contribution in [0.2, 0.25) is 0 Å². The molecule has 0 radical (unpaired) electrons. The molecule has 0 amide bonds. The molecule has 1 N–H and O–H groups in total. The molecule has 2 unspecified atom stereocenters. The Morgan fingerprint density at radius 1 is 1.62 bits per heavy atom. The fourth-order valence-corrected chi connectivity index (χ4v) is 1.91. The summed E-state index contributed by atoms with van der Waals surface area (Å²) >= 11 is 0. The van der Waals surface area contributed by atoms with Crippen molar-refractivity contribution in [3.05, 3.63) is 0 Å². The quantitative estimate of drug-likeness (QED) is 0.529. The Bertz CT molecular complexity index is 202. The second-order valence-corrected chi connectivity index (χ2v) is 4.28. The summed E-state index contributed by atoms with van der Waals surface area (Å²) in [6, 6.07) is 0.477. The standard InChI is InChI=1S/C12H23NO3/c1-3-16-12(14)5-4-7-13-10(2)11-6-8-15-9-11/h10-11,13H,3-9H2,1-2H3. The lowest BCUT2D eigenvalue weighted by molar-refractivity contribution is -0.143. The number of carbonyl (C=O) groups is 1. The van der Waals surface area contributed by atoms with E-state index in [1.54, 1.807) is 0 Å². The molecule has 1 fully saturated rings. The molecule has 1 heterocycles. The summed E-state index contributed by atoms with van der Waals surface area (Å²) in [5.41, 5.74) is 0. The maximum Gasteiger partial charge on any atom is 0.305 e. The van der Waals surface area contributed by atoms with Crippen LogP contribution in [-0.4, -0.2) is 38.4 Å². The van der Waals surface area contributed by atoms with Gasteiger partial charge in [0.25, 0.3) is 0 Å². The molecule has 1 saturated heterocycles. The highest BCUT2D eigenvalue weighted by Crippen LogP contribution is 2.16. The molecule has 4 heteroatoms. The predicted octanol–water partition coefficient (Wildman–Crippen LogP) is 1.34. The Morgan fingerprint density at radius 2 is 2.44 bits per heavy atom. The van der Waals surface area contributed by atoms with Gasteiger partial charge in [0, 0.05) is 19.1 Å². The van der Waals surface area contributed by atoms with Crippen molar-refractivity contribution in [1.82, 2.24) is 5.32 Å². The topological polar surface area (TPSA) is 47.6 Å². The molecule has 2 atom stereocenters. The maximum atomic E-state index is 11.1. The van der Waals surface area contributed by atoms with E-state index in [2.05, 4.69) is 12.2 Å². The van der Waals surface area contributed by atoms with Crippen molar-refractivity contribution >= 4 is 5.97 Å². The monoisotopic (exact) mass is 229 g/mol. The van der Waals surface area contributed by atoms with Crippen molar-refractivity contribution in [1.29, 1.82) is 0 Å². The van der Waals surface area contributed by atoms with E-state index in [-0.39, 0.29) is 5.97 Å². The summed E-state index contributed by atoms with van der Waals surface area (Å²) in [4.78, 5) is 11.1. The highest BCUT2D eigenvalue weighted by atomic mass is 16.5. The number of rotatable bonds is 7. The molecule has 0 aromatic heterocycles. The number of ether oxygens (including phenoxy) is 2.